The Morgan fingerprint density at radius 3 is 2.80 bits per heavy atom. The number of nitrogens with one attached hydrogen (secondary N) is 1. The molecule has 2 heterocycles. The second kappa shape index (κ2) is 4.63. The Kier molecular flexibility index (Phi) is 3.63. The summed E-state index contributed by atoms with van der Waals surface area (Å²) < 4.78 is 23.2. The van der Waals surface area contributed by atoms with Gasteiger partial charge in [-0.15, -0.1) is 0 Å². The molecule has 0 spiro atoms. The van der Waals surface area contributed by atoms with E-state index in [0.717, 1.165) is 23.8 Å². The summed E-state index contributed by atoms with van der Waals surface area (Å²) in [5.74, 6) is 1.53. The van der Waals surface area contributed by atoms with E-state index in [9.17, 15) is 8.42 Å². The first-order valence-electron chi connectivity index (χ1n) is 5.64. The van der Waals surface area contributed by atoms with Gasteiger partial charge in [0.15, 0.2) is 9.84 Å². The van der Waals surface area contributed by atoms with Gasteiger partial charge in [0.1, 0.15) is 0 Å². The van der Waals surface area contributed by atoms with Crippen molar-refractivity contribution in [2.45, 2.75) is 42.7 Å². The van der Waals surface area contributed by atoms with Crippen LogP contribution >= 0.6 is 11.8 Å². The minimum absolute atomic E-state index is 0.113. The fraction of sp³-hybridized carbons (Fsp3) is 1.00. The molecule has 3 atom stereocenters. The lowest BCUT2D eigenvalue weighted by Gasteiger charge is -2.15. The molecular weight excluding hydrogens is 230 g/mol. The van der Waals surface area contributed by atoms with Crippen molar-refractivity contribution in [2.75, 3.05) is 18.1 Å². The van der Waals surface area contributed by atoms with E-state index in [1.807, 2.05) is 11.8 Å². The topological polar surface area (TPSA) is 46.2 Å². The first-order valence-corrected chi connectivity index (χ1v) is 8.41. The summed E-state index contributed by atoms with van der Waals surface area (Å²) in [5, 5.41) is 4.02. The van der Waals surface area contributed by atoms with Gasteiger partial charge in [-0.2, -0.15) is 11.8 Å². The third-order valence-corrected chi connectivity index (χ3v) is 6.93. The predicted molar refractivity (Wildman–Crippen MR) is 65.1 cm³/mol. The summed E-state index contributed by atoms with van der Waals surface area (Å²) in [4.78, 5) is 0. The summed E-state index contributed by atoms with van der Waals surface area (Å²) in [6.07, 6.45) is 2.88. The van der Waals surface area contributed by atoms with E-state index in [2.05, 4.69) is 12.2 Å². The highest BCUT2D eigenvalue weighted by atomic mass is 32.2. The quantitative estimate of drug-likeness (QED) is 0.812. The molecule has 2 saturated heterocycles. The van der Waals surface area contributed by atoms with Crippen LogP contribution in [0.5, 0.6) is 0 Å². The third kappa shape index (κ3) is 2.88. The molecule has 0 saturated carbocycles. The zero-order chi connectivity index (χ0) is 10.9. The smallest absolute Gasteiger partial charge is 0.154 e. The Labute approximate surface area is 96.3 Å². The lowest BCUT2D eigenvalue weighted by atomic mass is 10.2. The Hall–Kier alpha value is 0.260. The van der Waals surface area contributed by atoms with Gasteiger partial charge in [-0.3, -0.25) is 0 Å². The maximum Gasteiger partial charge on any atom is 0.154 e. The molecule has 2 rings (SSSR count). The highest BCUT2D eigenvalue weighted by Crippen LogP contribution is 2.26. The van der Waals surface area contributed by atoms with E-state index >= 15 is 0 Å². The van der Waals surface area contributed by atoms with Crippen molar-refractivity contribution >= 4 is 21.6 Å². The van der Waals surface area contributed by atoms with Crippen LogP contribution in [-0.4, -0.2) is 43.0 Å². The minimum Gasteiger partial charge on any atom is -0.312 e. The average molecular weight is 249 g/mol. The highest BCUT2D eigenvalue weighted by Gasteiger charge is 2.32. The molecule has 0 radical (unpaired) electrons. The molecule has 3 unspecified atom stereocenters. The van der Waals surface area contributed by atoms with Crippen molar-refractivity contribution < 1.29 is 8.42 Å². The minimum atomic E-state index is -2.76. The highest BCUT2D eigenvalue weighted by molar-refractivity contribution is 8.00. The molecule has 0 aromatic rings. The molecule has 3 nitrogen and oxygen atoms in total. The van der Waals surface area contributed by atoms with E-state index in [-0.39, 0.29) is 5.25 Å². The SMILES string of the molecule is CC1CC(NCC2CCCS2(=O)=O)CS1. The van der Waals surface area contributed by atoms with Gasteiger partial charge < -0.3 is 5.32 Å². The average Bonchev–Trinajstić information content (AvgIpc) is 2.69. The molecular formula is C10H19NO2S2. The number of thioether (sulfide) groups is 1. The van der Waals surface area contributed by atoms with Crippen molar-refractivity contribution in [1.29, 1.82) is 0 Å². The number of rotatable bonds is 3. The fourth-order valence-corrected chi connectivity index (χ4v) is 5.31. The Morgan fingerprint density at radius 2 is 2.27 bits per heavy atom. The van der Waals surface area contributed by atoms with Crippen LogP contribution in [-0.2, 0) is 9.84 Å². The van der Waals surface area contributed by atoms with E-state index in [1.165, 1.54) is 6.42 Å². The monoisotopic (exact) mass is 249 g/mol. The van der Waals surface area contributed by atoms with E-state index in [0.29, 0.717) is 18.3 Å². The van der Waals surface area contributed by atoms with Crippen LogP contribution in [0.2, 0.25) is 0 Å². The number of hydrogen-bond acceptors (Lipinski definition) is 4. The third-order valence-electron chi connectivity index (χ3n) is 3.30. The van der Waals surface area contributed by atoms with Gasteiger partial charge >= 0.3 is 0 Å². The molecule has 0 aromatic carbocycles. The van der Waals surface area contributed by atoms with Crippen LogP contribution in [0.15, 0.2) is 0 Å². The van der Waals surface area contributed by atoms with E-state index < -0.39 is 9.84 Å². The molecule has 0 amide bonds. The molecule has 0 aliphatic carbocycles. The fourth-order valence-electron chi connectivity index (χ4n) is 2.34. The molecule has 0 aromatic heterocycles. The summed E-state index contributed by atoms with van der Waals surface area (Å²) in [6, 6.07) is 0.529. The first-order chi connectivity index (χ1) is 7.08. The van der Waals surface area contributed by atoms with Gasteiger partial charge in [0.2, 0.25) is 0 Å². The molecule has 1 N–H and O–H groups in total. The van der Waals surface area contributed by atoms with E-state index in [1.54, 1.807) is 0 Å². The van der Waals surface area contributed by atoms with Crippen LogP contribution in [0.3, 0.4) is 0 Å². The zero-order valence-corrected chi connectivity index (χ0v) is 10.7. The Morgan fingerprint density at radius 1 is 1.47 bits per heavy atom. The Balaban J connectivity index is 1.79. The van der Waals surface area contributed by atoms with Crippen molar-refractivity contribution in [3.63, 3.8) is 0 Å². The largest absolute Gasteiger partial charge is 0.312 e. The van der Waals surface area contributed by atoms with Crippen molar-refractivity contribution in [2.24, 2.45) is 0 Å². The molecule has 15 heavy (non-hydrogen) atoms. The molecule has 88 valence electrons. The van der Waals surface area contributed by atoms with Crippen LogP contribution in [0, 0.1) is 0 Å². The molecule has 2 fully saturated rings. The summed E-state index contributed by atoms with van der Waals surface area (Å²) in [7, 11) is -2.76. The van der Waals surface area contributed by atoms with Gasteiger partial charge in [-0.05, 0) is 19.3 Å². The van der Waals surface area contributed by atoms with Crippen LogP contribution in [0.4, 0.5) is 0 Å². The van der Waals surface area contributed by atoms with Crippen LogP contribution in [0.25, 0.3) is 0 Å². The second-order valence-corrected chi connectivity index (χ2v) is 8.49. The maximum atomic E-state index is 11.6. The second-order valence-electron chi connectivity index (χ2n) is 4.62. The predicted octanol–water partition coefficient (Wildman–Crippen LogP) is 1.05. The zero-order valence-electron chi connectivity index (χ0n) is 9.11. The summed E-state index contributed by atoms with van der Waals surface area (Å²) >= 11 is 1.98. The molecule has 5 heteroatoms. The summed E-state index contributed by atoms with van der Waals surface area (Å²) in [5.41, 5.74) is 0. The standard InChI is InChI=1S/C10H19NO2S2/c1-8-5-9(7-14-8)11-6-10-3-2-4-15(10,12)13/h8-11H,2-7H2,1H3. The van der Waals surface area contributed by atoms with E-state index in [4.69, 9.17) is 0 Å². The van der Waals surface area contributed by atoms with Crippen molar-refractivity contribution in [3.05, 3.63) is 0 Å². The maximum absolute atomic E-state index is 11.6. The van der Waals surface area contributed by atoms with Gasteiger partial charge in [0.25, 0.3) is 0 Å². The van der Waals surface area contributed by atoms with Gasteiger partial charge in [-0.1, -0.05) is 6.92 Å². The van der Waals surface area contributed by atoms with Gasteiger partial charge in [0, 0.05) is 23.6 Å². The lowest BCUT2D eigenvalue weighted by Crippen LogP contribution is -2.37. The summed E-state index contributed by atoms with van der Waals surface area (Å²) in [6.45, 7) is 2.90. The first kappa shape index (κ1) is 11.7. The lowest BCUT2D eigenvalue weighted by molar-refractivity contribution is 0.517. The van der Waals surface area contributed by atoms with Crippen LogP contribution < -0.4 is 5.32 Å². The van der Waals surface area contributed by atoms with Gasteiger partial charge in [0.05, 0.1) is 11.0 Å². The van der Waals surface area contributed by atoms with Gasteiger partial charge in [-0.25, -0.2) is 8.42 Å². The Bertz CT molecular complexity index is 315. The van der Waals surface area contributed by atoms with Crippen molar-refractivity contribution in [3.8, 4) is 0 Å². The number of sulfone groups is 1. The van der Waals surface area contributed by atoms with Crippen molar-refractivity contribution in [1.82, 2.24) is 5.32 Å². The molecule has 2 aliphatic heterocycles. The molecule has 2 aliphatic rings. The van der Waals surface area contributed by atoms with Crippen LogP contribution in [0.1, 0.15) is 26.2 Å². The normalized spacial score (nSPS) is 39.7. The number of hydrogen-bond donors (Lipinski definition) is 1. The molecule has 0 bridgehead atoms.